The number of hydrogen-bond acceptors (Lipinski definition) is 3. The number of aliphatic hydroxyl groups excluding tert-OH is 1. The van der Waals surface area contributed by atoms with Gasteiger partial charge in [-0.05, 0) is 37.1 Å². The Morgan fingerprint density at radius 1 is 1.36 bits per heavy atom. The van der Waals surface area contributed by atoms with Gasteiger partial charge in [0.05, 0.1) is 12.0 Å². The van der Waals surface area contributed by atoms with Crippen molar-refractivity contribution in [2.75, 3.05) is 24.5 Å². The largest absolute Gasteiger partial charge is 0.391 e. The Morgan fingerprint density at radius 2 is 2.14 bits per heavy atom. The first-order valence-electron chi connectivity index (χ1n) is 7.49. The Morgan fingerprint density at radius 3 is 2.77 bits per heavy atom. The number of benzene rings is 1. The molecule has 6 heteroatoms. The lowest BCUT2D eigenvalue weighted by molar-refractivity contribution is -0.135. The normalized spacial score (nSPS) is 25.1. The van der Waals surface area contributed by atoms with Gasteiger partial charge in [-0.1, -0.05) is 0 Å². The maximum atomic E-state index is 13.3. The first-order chi connectivity index (χ1) is 10.5. The number of likely N-dealkylation sites (tertiary alicyclic amines) is 1. The van der Waals surface area contributed by atoms with Crippen molar-refractivity contribution in [1.82, 2.24) is 4.90 Å². The first kappa shape index (κ1) is 15.0. The zero-order valence-electron chi connectivity index (χ0n) is 12.5. The van der Waals surface area contributed by atoms with Crippen LogP contribution in [0.3, 0.4) is 0 Å². The fourth-order valence-electron chi connectivity index (χ4n) is 3.12. The summed E-state index contributed by atoms with van der Waals surface area (Å²) in [6.07, 6.45) is 0.298. The van der Waals surface area contributed by atoms with E-state index in [1.807, 2.05) is 0 Å². The minimum atomic E-state index is -0.461. The van der Waals surface area contributed by atoms with E-state index in [-0.39, 0.29) is 30.0 Å². The molecule has 1 aromatic rings. The Labute approximate surface area is 128 Å². The van der Waals surface area contributed by atoms with Crippen molar-refractivity contribution in [3.8, 4) is 0 Å². The van der Waals surface area contributed by atoms with Gasteiger partial charge in [0.15, 0.2) is 0 Å². The molecule has 0 aromatic heterocycles. The number of aryl methyl sites for hydroxylation is 1. The van der Waals surface area contributed by atoms with Crippen LogP contribution in [-0.4, -0.2) is 47.6 Å². The molecule has 22 heavy (non-hydrogen) atoms. The van der Waals surface area contributed by atoms with E-state index >= 15 is 0 Å². The highest BCUT2D eigenvalue weighted by atomic mass is 19.1. The average Bonchev–Trinajstić information content (AvgIpc) is 3.07. The number of nitrogens with zero attached hydrogens (tertiary/aromatic N) is 2. The number of anilines is 1. The van der Waals surface area contributed by atoms with E-state index < -0.39 is 6.10 Å². The quantitative estimate of drug-likeness (QED) is 0.889. The van der Waals surface area contributed by atoms with Crippen LogP contribution in [0.4, 0.5) is 10.1 Å². The van der Waals surface area contributed by atoms with Crippen LogP contribution in [0.15, 0.2) is 18.2 Å². The number of β-amino-alcohol motifs (C(OH)–C–C–N with tert-alkyl or cyclic N) is 1. The number of carbonyl (C=O) groups is 2. The monoisotopic (exact) mass is 306 g/mol. The second-order valence-electron chi connectivity index (χ2n) is 6.07. The Balaban J connectivity index is 1.72. The lowest BCUT2D eigenvalue weighted by atomic mass is 10.1. The number of carbonyl (C=O) groups excluding carboxylic acids is 2. The minimum absolute atomic E-state index is 0.0776. The molecule has 1 aromatic carbocycles. The number of hydrogen-bond donors (Lipinski definition) is 1. The first-order valence-corrected chi connectivity index (χ1v) is 7.49. The molecular formula is C16H19FN2O3. The van der Waals surface area contributed by atoms with Crippen molar-refractivity contribution < 1.29 is 19.1 Å². The molecule has 0 aliphatic carbocycles. The number of rotatable bonds is 2. The number of halogens is 1. The third-order valence-corrected chi connectivity index (χ3v) is 4.40. The fourth-order valence-corrected chi connectivity index (χ4v) is 3.12. The molecule has 2 atom stereocenters. The minimum Gasteiger partial charge on any atom is -0.391 e. The average molecular weight is 306 g/mol. The molecule has 2 amide bonds. The smallest absolute Gasteiger partial charge is 0.228 e. The Kier molecular flexibility index (Phi) is 3.87. The summed E-state index contributed by atoms with van der Waals surface area (Å²) >= 11 is 0. The third kappa shape index (κ3) is 2.70. The van der Waals surface area contributed by atoms with Gasteiger partial charge in [0.25, 0.3) is 0 Å². The predicted molar refractivity (Wildman–Crippen MR) is 78.8 cm³/mol. The summed E-state index contributed by atoms with van der Waals surface area (Å²) in [4.78, 5) is 27.8. The molecule has 5 nitrogen and oxygen atoms in total. The molecule has 1 N–H and O–H groups in total. The van der Waals surface area contributed by atoms with Crippen molar-refractivity contribution in [3.63, 3.8) is 0 Å². The van der Waals surface area contributed by atoms with Crippen LogP contribution in [0.5, 0.6) is 0 Å². The van der Waals surface area contributed by atoms with Gasteiger partial charge in [0, 0.05) is 31.7 Å². The standard InChI is InChI=1S/C16H19FN2O3/c1-10-6-12(2-3-14(10)17)19-8-11(7-15(19)21)16(22)18-5-4-13(20)9-18/h2-3,6,11,13,20H,4-5,7-9H2,1H3/t11?,13-/m0/s1. The van der Waals surface area contributed by atoms with Gasteiger partial charge in [-0.3, -0.25) is 9.59 Å². The van der Waals surface area contributed by atoms with Crippen molar-refractivity contribution in [3.05, 3.63) is 29.6 Å². The molecule has 1 unspecified atom stereocenters. The molecule has 2 fully saturated rings. The van der Waals surface area contributed by atoms with Gasteiger partial charge < -0.3 is 14.9 Å². The van der Waals surface area contributed by atoms with Gasteiger partial charge in [-0.25, -0.2) is 4.39 Å². The van der Waals surface area contributed by atoms with E-state index in [4.69, 9.17) is 0 Å². The maximum absolute atomic E-state index is 13.3. The predicted octanol–water partition coefficient (Wildman–Crippen LogP) is 1.08. The summed E-state index contributed by atoms with van der Waals surface area (Å²) in [5.74, 6) is -0.896. The van der Waals surface area contributed by atoms with E-state index in [9.17, 15) is 19.1 Å². The van der Waals surface area contributed by atoms with Gasteiger partial charge in [0.2, 0.25) is 11.8 Å². The molecule has 0 spiro atoms. The van der Waals surface area contributed by atoms with Crippen LogP contribution in [0.2, 0.25) is 0 Å². The van der Waals surface area contributed by atoms with Crippen molar-refractivity contribution in [2.24, 2.45) is 5.92 Å². The highest BCUT2D eigenvalue weighted by Gasteiger charge is 2.38. The van der Waals surface area contributed by atoms with Gasteiger partial charge in [0.1, 0.15) is 5.82 Å². The van der Waals surface area contributed by atoms with Gasteiger partial charge in [-0.15, -0.1) is 0 Å². The van der Waals surface area contributed by atoms with Crippen LogP contribution < -0.4 is 4.90 Å². The fraction of sp³-hybridized carbons (Fsp3) is 0.500. The number of aliphatic hydroxyl groups is 1. The van der Waals surface area contributed by atoms with Gasteiger partial charge >= 0.3 is 0 Å². The summed E-state index contributed by atoms with van der Waals surface area (Å²) < 4.78 is 13.3. The zero-order valence-corrected chi connectivity index (χ0v) is 12.5. The lowest BCUT2D eigenvalue weighted by Gasteiger charge is -2.21. The zero-order chi connectivity index (χ0) is 15.9. The van der Waals surface area contributed by atoms with E-state index in [1.54, 1.807) is 28.9 Å². The summed E-state index contributed by atoms with van der Waals surface area (Å²) in [5, 5.41) is 9.52. The molecule has 2 aliphatic rings. The molecule has 0 bridgehead atoms. The third-order valence-electron chi connectivity index (χ3n) is 4.40. The highest BCUT2D eigenvalue weighted by Crippen LogP contribution is 2.28. The molecule has 3 rings (SSSR count). The van der Waals surface area contributed by atoms with E-state index in [1.165, 1.54) is 6.07 Å². The Hall–Kier alpha value is -1.95. The second-order valence-corrected chi connectivity index (χ2v) is 6.07. The lowest BCUT2D eigenvalue weighted by Crippen LogP contribution is -2.36. The van der Waals surface area contributed by atoms with Crippen LogP contribution in [0.1, 0.15) is 18.4 Å². The van der Waals surface area contributed by atoms with E-state index in [2.05, 4.69) is 0 Å². The van der Waals surface area contributed by atoms with Crippen LogP contribution in [0.25, 0.3) is 0 Å². The summed E-state index contributed by atoms with van der Waals surface area (Å²) in [5.41, 5.74) is 1.10. The number of amides is 2. The summed E-state index contributed by atoms with van der Waals surface area (Å²) in [6.45, 7) is 2.85. The second kappa shape index (κ2) is 5.68. The SMILES string of the molecule is Cc1cc(N2CC(C(=O)N3CC[C@H](O)C3)CC2=O)ccc1F. The molecule has 118 valence electrons. The Bertz CT molecular complexity index is 619. The molecule has 2 aliphatic heterocycles. The van der Waals surface area contributed by atoms with E-state index in [0.29, 0.717) is 37.3 Å². The molecule has 0 radical (unpaired) electrons. The van der Waals surface area contributed by atoms with Crippen LogP contribution in [-0.2, 0) is 9.59 Å². The molecule has 0 saturated carbocycles. The van der Waals surface area contributed by atoms with Crippen molar-refractivity contribution in [2.45, 2.75) is 25.9 Å². The summed E-state index contributed by atoms with van der Waals surface area (Å²) in [6, 6.07) is 4.52. The molecule has 2 saturated heterocycles. The maximum Gasteiger partial charge on any atom is 0.228 e. The molecular weight excluding hydrogens is 287 g/mol. The highest BCUT2D eigenvalue weighted by molar-refractivity contribution is 6.00. The topological polar surface area (TPSA) is 60.9 Å². The van der Waals surface area contributed by atoms with Gasteiger partial charge in [-0.2, -0.15) is 0 Å². The summed E-state index contributed by atoms with van der Waals surface area (Å²) in [7, 11) is 0. The molecule has 2 heterocycles. The van der Waals surface area contributed by atoms with Crippen molar-refractivity contribution >= 4 is 17.5 Å². The van der Waals surface area contributed by atoms with Crippen LogP contribution >= 0.6 is 0 Å². The van der Waals surface area contributed by atoms with Crippen LogP contribution in [0, 0.1) is 18.7 Å². The van der Waals surface area contributed by atoms with Crippen molar-refractivity contribution in [1.29, 1.82) is 0 Å². The van der Waals surface area contributed by atoms with E-state index in [0.717, 1.165) is 0 Å².